The van der Waals surface area contributed by atoms with Crippen molar-refractivity contribution in [1.82, 2.24) is 14.9 Å². The van der Waals surface area contributed by atoms with Gasteiger partial charge in [-0.1, -0.05) is 22.2 Å². The fourth-order valence-electron chi connectivity index (χ4n) is 1.79. The van der Waals surface area contributed by atoms with Gasteiger partial charge in [-0.15, -0.1) is 5.10 Å². The summed E-state index contributed by atoms with van der Waals surface area (Å²) in [4.78, 5) is 1.03. The van der Waals surface area contributed by atoms with Crippen molar-refractivity contribution in [3.05, 3.63) is 45.2 Å². The second-order valence-electron chi connectivity index (χ2n) is 4.00. The van der Waals surface area contributed by atoms with Crippen LogP contribution < -0.4 is 5.32 Å². The number of aromatic nitrogens is 2. The molecule has 3 nitrogen and oxygen atoms in total. The number of likely N-dealkylation sites (N-methyl/N-ethyl adjacent to an activating group) is 1. The predicted octanol–water partition coefficient (Wildman–Crippen LogP) is 3.14. The standard InChI is InChI=1S/C12H13ClFN3S/c1-7-12(18-17-16-7)11(15-2)5-8-3-4-9(13)6-10(8)14/h3-4,6,11,15H,5H2,1-2H3. The molecule has 0 bridgehead atoms. The maximum Gasteiger partial charge on any atom is 0.127 e. The molecule has 0 saturated heterocycles. The van der Waals surface area contributed by atoms with E-state index in [1.165, 1.54) is 17.6 Å². The van der Waals surface area contributed by atoms with E-state index in [0.717, 1.165) is 10.6 Å². The van der Waals surface area contributed by atoms with E-state index >= 15 is 0 Å². The Hall–Kier alpha value is -1.04. The maximum atomic E-state index is 13.7. The highest BCUT2D eigenvalue weighted by Crippen LogP contribution is 2.25. The average molecular weight is 286 g/mol. The molecule has 0 amide bonds. The molecule has 1 atom stereocenters. The second kappa shape index (κ2) is 5.73. The van der Waals surface area contributed by atoms with Crippen LogP contribution in [0.3, 0.4) is 0 Å². The summed E-state index contributed by atoms with van der Waals surface area (Å²) in [7, 11) is 1.84. The SMILES string of the molecule is CNC(Cc1ccc(Cl)cc1F)c1snnc1C. The quantitative estimate of drug-likeness (QED) is 0.938. The molecule has 1 N–H and O–H groups in total. The molecule has 0 aliphatic heterocycles. The molecule has 0 saturated carbocycles. The molecular weight excluding hydrogens is 273 g/mol. The lowest BCUT2D eigenvalue weighted by molar-refractivity contribution is 0.557. The van der Waals surface area contributed by atoms with E-state index in [1.807, 2.05) is 14.0 Å². The van der Waals surface area contributed by atoms with Crippen LogP contribution in [0.2, 0.25) is 5.02 Å². The van der Waals surface area contributed by atoms with E-state index in [9.17, 15) is 4.39 Å². The van der Waals surface area contributed by atoms with Crippen LogP contribution in [-0.4, -0.2) is 16.6 Å². The van der Waals surface area contributed by atoms with E-state index in [0.29, 0.717) is 17.0 Å². The Labute approximate surface area is 114 Å². The van der Waals surface area contributed by atoms with Crippen molar-refractivity contribution in [1.29, 1.82) is 0 Å². The highest BCUT2D eigenvalue weighted by molar-refractivity contribution is 7.05. The smallest absolute Gasteiger partial charge is 0.127 e. The summed E-state index contributed by atoms with van der Waals surface area (Å²) in [6.45, 7) is 1.90. The van der Waals surface area contributed by atoms with Gasteiger partial charge in [-0.05, 0) is 49.6 Å². The molecule has 1 heterocycles. The Balaban J connectivity index is 2.23. The Morgan fingerprint density at radius 1 is 1.50 bits per heavy atom. The summed E-state index contributed by atoms with van der Waals surface area (Å²) in [5.41, 5.74) is 1.51. The maximum absolute atomic E-state index is 13.7. The highest BCUT2D eigenvalue weighted by Gasteiger charge is 2.17. The van der Waals surface area contributed by atoms with Crippen molar-refractivity contribution in [2.24, 2.45) is 0 Å². The zero-order valence-corrected chi connectivity index (χ0v) is 11.6. The van der Waals surface area contributed by atoms with Crippen molar-refractivity contribution in [2.75, 3.05) is 7.05 Å². The number of nitrogens with zero attached hydrogens (tertiary/aromatic N) is 2. The fourth-order valence-corrected chi connectivity index (χ4v) is 2.70. The summed E-state index contributed by atoms with van der Waals surface area (Å²) < 4.78 is 17.7. The van der Waals surface area contributed by atoms with Crippen molar-refractivity contribution in [3.8, 4) is 0 Å². The van der Waals surface area contributed by atoms with Crippen LogP contribution in [-0.2, 0) is 6.42 Å². The average Bonchev–Trinajstić information content (AvgIpc) is 2.75. The van der Waals surface area contributed by atoms with Crippen LogP contribution in [0.15, 0.2) is 18.2 Å². The van der Waals surface area contributed by atoms with E-state index in [4.69, 9.17) is 11.6 Å². The van der Waals surface area contributed by atoms with Gasteiger partial charge >= 0.3 is 0 Å². The lowest BCUT2D eigenvalue weighted by atomic mass is 10.0. The summed E-state index contributed by atoms with van der Waals surface area (Å²) in [6, 6.07) is 4.76. The summed E-state index contributed by atoms with van der Waals surface area (Å²) in [6.07, 6.45) is 0.546. The largest absolute Gasteiger partial charge is 0.312 e. The van der Waals surface area contributed by atoms with Crippen molar-refractivity contribution >= 4 is 23.1 Å². The first-order chi connectivity index (χ1) is 8.61. The van der Waals surface area contributed by atoms with Crippen LogP contribution in [0.5, 0.6) is 0 Å². The number of halogens is 2. The van der Waals surface area contributed by atoms with Crippen LogP contribution in [0.25, 0.3) is 0 Å². The summed E-state index contributed by atoms with van der Waals surface area (Å²) in [5.74, 6) is -0.280. The molecule has 1 unspecified atom stereocenters. The van der Waals surface area contributed by atoms with Gasteiger partial charge in [-0.2, -0.15) is 0 Å². The van der Waals surface area contributed by atoms with Crippen LogP contribution in [0.1, 0.15) is 22.2 Å². The van der Waals surface area contributed by atoms with Crippen molar-refractivity contribution < 1.29 is 4.39 Å². The highest BCUT2D eigenvalue weighted by atomic mass is 35.5. The third kappa shape index (κ3) is 2.85. The first-order valence-corrected chi connectivity index (χ1v) is 6.67. The molecule has 6 heteroatoms. The first-order valence-electron chi connectivity index (χ1n) is 5.52. The lowest BCUT2D eigenvalue weighted by Crippen LogP contribution is -2.19. The molecule has 18 heavy (non-hydrogen) atoms. The van der Waals surface area contributed by atoms with E-state index in [2.05, 4.69) is 14.9 Å². The Kier molecular flexibility index (Phi) is 4.27. The monoisotopic (exact) mass is 285 g/mol. The molecule has 0 radical (unpaired) electrons. The zero-order chi connectivity index (χ0) is 13.1. The molecule has 0 aliphatic rings. The molecule has 1 aromatic carbocycles. The molecular formula is C12H13ClFN3S. The first kappa shape index (κ1) is 13.4. The van der Waals surface area contributed by atoms with Crippen LogP contribution in [0.4, 0.5) is 4.39 Å². The number of nitrogens with one attached hydrogen (secondary N) is 1. The van der Waals surface area contributed by atoms with Crippen LogP contribution in [0, 0.1) is 12.7 Å². The fraction of sp³-hybridized carbons (Fsp3) is 0.333. The minimum Gasteiger partial charge on any atom is -0.312 e. The number of hydrogen-bond acceptors (Lipinski definition) is 4. The Bertz CT molecular complexity index is 544. The summed E-state index contributed by atoms with van der Waals surface area (Å²) in [5, 5.41) is 7.55. The third-order valence-corrected chi connectivity index (χ3v) is 3.97. The predicted molar refractivity (Wildman–Crippen MR) is 71.6 cm³/mol. The molecule has 0 spiro atoms. The van der Waals surface area contributed by atoms with Gasteiger partial charge in [-0.25, -0.2) is 4.39 Å². The third-order valence-electron chi connectivity index (χ3n) is 2.79. The van der Waals surface area contributed by atoms with Crippen LogP contribution >= 0.6 is 23.1 Å². The topological polar surface area (TPSA) is 37.8 Å². The van der Waals surface area contributed by atoms with E-state index < -0.39 is 0 Å². The lowest BCUT2D eigenvalue weighted by Gasteiger charge is -2.15. The van der Waals surface area contributed by atoms with Gasteiger partial charge in [0.2, 0.25) is 0 Å². The minimum atomic E-state index is -0.280. The summed E-state index contributed by atoms with van der Waals surface area (Å²) >= 11 is 7.08. The molecule has 0 fully saturated rings. The molecule has 1 aromatic heterocycles. The second-order valence-corrected chi connectivity index (χ2v) is 5.23. The molecule has 0 aliphatic carbocycles. The number of hydrogen-bond donors (Lipinski definition) is 1. The van der Waals surface area contributed by atoms with Gasteiger partial charge < -0.3 is 5.32 Å². The van der Waals surface area contributed by atoms with Crippen molar-refractivity contribution in [3.63, 3.8) is 0 Å². The van der Waals surface area contributed by atoms with Gasteiger partial charge in [0, 0.05) is 11.1 Å². The zero-order valence-electron chi connectivity index (χ0n) is 10.1. The molecule has 2 rings (SSSR count). The molecule has 96 valence electrons. The van der Waals surface area contributed by atoms with Gasteiger partial charge in [0.25, 0.3) is 0 Å². The Morgan fingerprint density at radius 2 is 2.28 bits per heavy atom. The Morgan fingerprint density at radius 3 is 2.83 bits per heavy atom. The number of aryl methyl sites for hydroxylation is 1. The number of rotatable bonds is 4. The van der Waals surface area contributed by atoms with Gasteiger partial charge in [-0.3, -0.25) is 0 Å². The minimum absolute atomic E-state index is 0.0145. The van der Waals surface area contributed by atoms with Crippen molar-refractivity contribution in [2.45, 2.75) is 19.4 Å². The van der Waals surface area contributed by atoms with Gasteiger partial charge in [0.05, 0.1) is 10.6 Å². The normalized spacial score (nSPS) is 12.7. The van der Waals surface area contributed by atoms with Gasteiger partial charge in [0.15, 0.2) is 0 Å². The van der Waals surface area contributed by atoms with Gasteiger partial charge in [0.1, 0.15) is 5.82 Å². The van der Waals surface area contributed by atoms with E-state index in [1.54, 1.807) is 12.1 Å². The number of benzene rings is 1. The molecule has 2 aromatic rings. The van der Waals surface area contributed by atoms with E-state index in [-0.39, 0.29) is 11.9 Å².